The Morgan fingerprint density at radius 2 is 1.00 bits per heavy atom. The third kappa shape index (κ3) is 20.7. The standard InChI is InChI=1S/C56H77NO3/c1-5-6-7-8-9-10-11-12-13-14-15-16-17-18-19-20-21-22-23-24-25-45-59-53-41-33-49(34-42-53)46-57-52-39-31-48(32-40-52)28-26-27-47-29-35-50(36-30-47)55(58)60-54-43-37-51(38-44-54)56(2,3)4/h26-27,29-44,46H,5-25,28,45H2,1-4H3/b27-26+,57-46?. The minimum atomic E-state index is -0.357. The Kier molecular flexibility index (Phi) is 23.3. The highest BCUT2D eigenvalue weighted by Crippen LogP contribution is 2.25. The second-order valence-electron chi connectivity index (χ2n) is 17.8. The van der Waals surface area contributed by atoms with Crippen LogP contribution in [0.3, 0.4) is 0 Å². The SMILES string of the molecule is CCCCCCCCCCCCCCCCCCCCCCCOc1ccc(C=Nc2ccc(C/C=C/c3ccc(C(=O)Oc4ccc(C(C)(C)C)cc4)cc3)cc2)cc1. The first-order valence-corrected chi connectivity index (χ1v) is 23.8. The number of unbranched alkanes of at least 4 members (excludes halogenated alkanes) is 20. The highest BCUT2D eigenvalue weighted by Gasteiger charge is 2.14. The lowest BCUT2D eigenvalue weighted by atomic mass is 9.87. The Labute approximate surface area is 365 Å². The van der Waals surface area contributed by atoms with Crippen molar-refractivity contribution in [1.82, 2.24) is 0 Å². The third-order valence-corrected chi connectivity index (χ3v) is 11.4. The molecule has 0 N–H and O–H groups in total. The molecule has 60 heavy (non-hydrogen) atoms. The first-order chi connectivity index (χ1) is 29.3. The van der Waals surface area contributed by atoms with Gasteiger partial charge in [-0.25, -0.2) is 4.79 Å². The lowest BCUT2D eigenvalue weighted by Crippen LogP contribution is -2.11. The molecular formula is C56H77NO3. The van der Waals surface area contributed by atoms with Gasteiger partial charge in [-0.2, -0.15) is 0 Å². The molecule has 0 fully saturated rings. The first kappa shape index (κ1) is 48.2. The van der Waals surface area contributed by atoms with Crippen molar-refractivity contribution in [2.75, 3.05) is 6.61 Å². The van der Waals surface area contributed by atoms with E-state index in [1.165, 1.54) is 140 Å². The average molecular weight is 812 g/mol. The lowest BCUT2D eigenvalue weighted by Gasteiger charge is -2.19. The van der Waals surface area contributed by atoms with E-state index in [0.29, 0.717) is 11.3 Å². The minimum absolute atomic E-state index is 0.0540. The summed E-state index contributed by atoms with van der Waals surface area (Å²) in [5.74, 6) is 1.12. The van der Waals surface area contributed by atoms with Crippen molar-refractivity contribution in [2.45, 2.75) is 174 Å². The number of esters is 1. The van der Waals surface area contributed by atoms with Gasteiger partial charge in [0.05, 0.1) is 17.9 Å². The van der Waals surface area contributed by atoms with Crippen LogP contribution in [0.1, 0.15) is 195 Å². The zero-order valence-corrected chi connectivity index (χ0v) is 37.9. The van der Waals surface area contributed by atoms with Crippen molar-refractivity contribution in [3.63, 3.8) is 0 Å². The van der Waals surface area contributed by atoms with E-state index in [1.807, 2.05) is 66.9 Å². The van der Waals surface area contributed by atoms with Gasteiger partial charge in [0.15, 0.2) is 0 Å². The van der Waals surface area contributed by atoms with Gasteiger partial charge in [-0.05, 0) is 101 Å². The molecule has 0 aromatic heterocycles. The molecule has 324 valence electrons. The van der Waals surface area contributed by atoms with Gasteiger partial charge in [0.2, 0.25) is 0 Å². The van der Waals surface area contributed by atoms with E-state index in [0.717, 1.165) is 42.0 Å². The molecule has 0 heterocycles. The van der Waals surface area contributed by atoms with E-state index in [-0.39, 0.29) is 11.4 Å². The predicted molar refractivity (Wildman–Crippen MR) is 258 cm³/mol. The second-order valence-corrected chi connectivity index (χ2v) is 17.8. The fourth-order valence-electron chi connectivity index (χ4n) is 7.49. The van der Waals surface area contributed by atoms with Crippen LogP contribution < -0.4 is 9.47 Å². The maximum absolute atomic E-state index is 12.7. The number of hydrogen-bond donors (Lipinski definition) is 0. The molecule has 0 amide bonds. The Hall–Kier alpha value is -4.44. The Bertz CT molecular complexity index is 1760. The van der Waals surface area contributed by atoms with Gasteiger partial charge in [0.25, 0.3) is 0 Å². The number of aliphatic imine (C=N–C) groups is 1. The van der Waals surface area contributed by atoms with Gasteiger partial charge in [-0.3, -0.25) is 4.99 Å². The fourth-order valence-corrected chi connectivity index (χ4v) is 7.49. The number of carbonyl (C=O) groups is 1. The molecule has 0 radical (unpaired) electrons. The van der Waals surface area contributed by atoms with Gasteiger partial charge >= 0.3 is 5.97 Å². The molecule has 0 aliphatic carbocycles. The molecule has 0 aliphatic heterocycles. The summed E-state index contributed by atoms with van der Waals surface area (Å²) in [6.07, 6.45) is 36.4. The van der Waals surface area contributed by atoms with Crippen molar-refractivity contribution in [3.8, 4) is 11.5 Å². The van der Waals surface area contributed by atoms with Crippen LogP contribution in [0, 0.1) is 0 Å². The largest absolute Gasteiger partial charge is 0.494 e. The van der Waals surface area contributed by atoms with Crippen LogP contribution in [0.25, 0.3) is 6.08 Å². The van der Waals surface area contributed by atoms with E-state index < -0.39 is 0 Å². The summed E-state index contributed by atoms with van der Waals surface area (Å²) in [6, 6.07) is 31.8. The van der Waals surface area contributed by atoms with Crippen molar-refractivity contribution in [1.29, 1.82) is 0 Å². The zero-order valence-electron chi connectivity index (χ0n) is 37.9. The van der Waals surface area contributed by atoms with Crippen LogP contribution in [0.15, 0.2) is 108 Å². The molecule has 4 nitrogen and oxygen atoms in total. The molecule has 4 aromatic carbocycles. The van der Waals surface area contributed by atoms with E-state index in [9.17, 15) is 4.79 Å². The number of carbonyl (C=O) groups excluding carboxylic acids is 1. The quantitative estimate of drug-likeness (QED) is 0.0228. The number of nitrogens with zero attached hydrogens (tertiary/aromatic N) is 1. The molecule has 4 heteroatoms. The van der Waals surface area contributed by atoms with Crippen molar-refractivity contribution in [3.05, 3.63) is 131 Å². The van der Waals surface area contributed by atoms with Gasteiger partial charge in [0, 0.05) is 6.21 Å². The van der Waals surface area contributed by atoms with Crippen molar-refractivity contribution < 1.29 is 14.3 Å². The summed E-state index contributed by atoms with van der Waals surface area (Å²) in [5.41, 5.74) is 6.00. The molecule has 0 aliphatic rings. The molecule has 0 spiro atoms. The predicted octanol–water partition coefficient (Wildman–Crippen LogP) is 16.8. The summed E-state index contributed by atoms with van der Waals surface area (Å²) >= 11 is 0. The molecule has 0 atom stereocenters. The number of ether oxygens (including phenoxy) is 2. The van der Waals surface area contributed by atoms with E-state index in [1.54, 1.807) is 0 Å². The Morgan fingerprint density at radius 3 is 1.50 bits per heavy atom. The smallest absolute Gasteiger partial charge is 0.343 e. The summed E-state index contributed by atoms with van der Waals surface area (Å²) in [6.45, 7) is 9.57. The van der Waals surface area contributed by atoms with Crippen molar-refractivity contribution >= 4 is 23.9 Å². The molecule has 0 saturated carbocycles. The van der Waals surface area contributed by atoms with Crippen LogP contribution in [0.5, 0.6) is 11.5 Å². The lowest BCUT2D eigenvalue weighted by molar-refractivity contribution is 0.0734. The number of allylic oxidation sites excluding steroid dienone is 1. The zero-order chi connectivity index (χ0) is 42.5. The normalized spacial score (nSPS) is 11.8. The minimum Gasteiger partial charge on any atom is -0.494 e. The molecule has 4 aromatic rings. The molecular weight excluding hydrogens is 735 g/mol. The van der Waals surface area contributed by atoms with Gasteiger partial charge < -0.3 is 9.47 Å². The van der Waals surface area contributed by atoms with Gasteiger partial charge in [0.1, 0.15) is 11.5 Å². The summed E-state index contributed by atoms with van der Waals surface area (Å²) in [7, 11) is 0. The van der Waals surface area contributed by atoms with Gasteiger partial charge in [-0.15, -0.1) is 0 Å². The summed E-state index contributed by atoms with van der Waals surface area (Å²) in [4.78, 5) is 17.3. The van der Waals surface area contributed by atoms with Gasteiger partial charge in [-0.1, -0.05) is 205 Å². The van der Waals surface area contributed by atoms with Crippen LogP contribution in [0.4, 0.5) is 5.69 Å². The van der Waals surface area contributed by atoms with Crippen LogP contribution >= 0.6 is 0 Å². The van der Waals surface area contributed by atoms with E-state index >= 15 is 0 Å². The highest BCUT2D eigenvalue weighted by molar-refractivity contribution is 5.91. The number of benzene rings is 4. The second kappa shape index (κ2) is 28.9. The number of rotatable bonds is 30. The molecule has 0 saturated heterocycles. The van der Waals surface area contributed by atoms with Crippen LogP contribution in [-0.4, -0.2) is 18.8 Å². The monoisotopic (exact) mass is 812 g/mol. The molecule has 4 rings (SSSR count). The maximum Gasteiger partial charge on any atom is 0.343 e. The topological polar surface area (TPSA) is 47.9 Å². The van der Waals surface area contributed by atoms with E-state index in [2.05, 4.69) is 81.2 Å². The van der Waals surface area contributed by atoms with E-state index in [4.69, 9.17) is 9.47 Å². The highest BCUT2D eigenvalue weighted by atomic mass is 16.5. The van der Waals surface area contributed by atoms with Crippen LogP contribution in [-0.2, 0) is 11.8 Å². The first-order valence-electron chi connectivity index (χ1n) is 23.8. The van der Waals surface area contributed by atoms with Crippen molar-refractivity contribution in [2.24, 2.45) is 4.99 Å². The Balaban J connectivity index is 0.986. The fraction of sp³-hybridized carbons (Fsp3) is 0.500. The number of hydrogen-bond acceptors (Lipinski definition) is 4. The molecule has 0 bridgehead atoms. The molecule has 0 unspecified atom stereocenters. The average Bonchev–Trinajstić information content (AvgIpc) is 3.25. The van der Waals surface area contributed by atoms with Crippen LogP contribution in [0.2, 0.25) is 0 Å². The third-order valence-electron chi connectivity index (χ3n) is 11.4. The Morgan fingerprint density at radius 1 is 0.533 bits per heavy atom. The maximum atomic E-state index is 12.7. The summed E-state index contributed by atoms with van der Waals surface area (Å²) in [5, 5.41) is 0. The summed E-state index contributed by atoms with van der Waals surface area (Å²) < 4.78 is 11.6.